The summed E-state index contributed by atoms with van der Waals surface area (Å²) in [5, 5.41) is 12.5. The van der Waals surface area contributed by atoms with Gasteiger partial charge in [-0.1, -0.05) is 42.5 Å². The molecule has 0 fully saturated rings. The van der Waals surface area contributed by atoms with Crippen molar-refractivity contribution in [1.82, 2.24) is 14.9 Å². The number of carbonyl (C=O) groups is 1. The predicted octanol–water partition coefficient (Wildman–Crippen LogP) is 0.540. The van der Waals surface area contributed by atoms with E-state index in [1.165, 1.54) is 0 Å². The molecule has 0 radical (unpaired) electrons. The van der Waals surface area contributed by atoms with Crippen molar-refractivity contribution in [3.8, 4) is 0 Å². The van der Waals surface area contributed by atoms with Crippen LogP contribution in [0.15, 0.2) is 64.2 Å². The van der Waals surface area contributed by atoms with Gasteiger partial charge in [-0.05, 0) is 17.7 Å². The van der Waals surface area contributed by atoms with Gasteiger partial charge in [0, 0.05) is 0 Å². The molecule has 3 aromatic rings. The molecule has 0 aliphatic heterocycles. The second-order valence-electron chi connectivity index (χ2n) is 5.58. The molecule has 7 heteroatoms. The van der Waals surface area contributed by atoms with Crippen molar-refractivity contribution in [3.63, 3.8) is 0 Å². The molecule has 0 aliphatic carbocycles. The number of aliphatic hydroxyl groups excluding tert-OH is 1. The molecule has 1 aromatic heterocycles. The molecule has 3 rings (SSSR count). The monoisotopic (exact) mass is 339 g/mol. The summed E-state index contributed by atoms with van der Waals surface area (Å²) in [5.74, 6) is -0.536. The highest BCUT2D eigenvalue weighted by atomic mass is 16.3. The van der Waals surface area contributed by atoms with Crippen LogP contribution in [-0.2, 0) is 11.3 Å². The summed E-state index contributed by atoms with van der Waals surface area (Å²) in [6.07, 6.45) is 0. The van der Waals surface area contributed by atoms with Crippen molar-refractivity contribution < 1.29 is 9.90 Å². The standard InChI is InChI=1S/C18H17N3O4/c22-11-15(12-6-2-1-3-7-12)19-16(23)10-21-17(24)13-8-4-5-9-14(13)20-18(21)25/h1-9,15,22H,10-11H2,(H,19,23)(H,20,25)/t15-/m1/s1. The van der Waals surface area contributed by atoms with Gasteiger partial charge in [-0.2, -0.15) is 0 Å². The molecule has 25 heavy (non-hydrogen) atoms. The van der Waals surface area contributed by atoms with Gasteiger partial charge < -0.3 is 15.4 Å². The number of carbonyl (C=O) groups excluding carboxylic acids is 1. The van der Waals surface area contributed by atoms with E-state index in [1.807, 2.05) is 6.07 Å². The first-order valence-electron chi connectivity index (χ1n) is 7.77. The maximum absolute atomic E-state index is 12.4. The van der Waals surface area contributed by atoms with Gasteiger partial charge in [0.1, 0.15) is 6.54 Å². The average Bonchev–Trinajstić information content (AvgIpc) is 2.64. The number of aromatic nitrogens is 2. The van der Waals surface area contributed by atoms with E-state index in [9.17, 15) is 19.5 Å². The van der Waals surface area contributed by atoms with Crippen molar-refractivity contribution in [2.24, 2.45) is 0 Å². The maximum atomic E-state index is 12.4. The minimum Gasteiger partial charge on any atom is -0.394 e. The summed E-state index contributed by atoms with van der Waals surface area (Å²) < 4.78 is 0.844. The molecule has 0 aliphatic rings. The smallest absolute Gasteiger partial charge is 0.329 e. The van der Waals surface area contributed by atoms with Crippen LogP contribution in [0.4, 0.5) is 0 Å². The number of hydrogen-bond acceptors (Lipinski definition) is 4. The Morgan fingerprint density at radius 1 is 1.08 bits per heavy atom. The summed E-state index contributed by atoms with van der Waals surface area (Å²) in [4.78, 5) is 39.4. The zero-order valence-corrected chi connectivity index (χ0v) is 13.3. The highest BCUT2D eigenvalue weighted by molar-refractivity contribution is 5.79. The summed E-state index contributed by atoms with van der Waals surface area (Å²) in [7, 11) is 0. The first-order valence-corrected chi connectivity index (χ1v) is 7.77. The van der Waals surface area contributed by atoms with E-state index in [1.54, 1.807) is 48.5 Å². The van der Waals surface area contributed by atoms with Gasteiger partial charge in [0.2, 0.25) is 5.91 Å². The second kappa shape index (κ2) is 7.14. The Morgan fingerprint density at radius 3 is 2.48 bits per heavy atom. The lowest BCUT2D eigenvalue weighted by Gasteiger charge is -2.17. The minimum atomic E-state index is -0.654. The van der Waals surface area contributed by atoms with E-state index in [0.717, 1.165) is 10.1 Å². The third-order valence-corrected chi connectivity index (χ3v) is 3.91. The Hall–Kier alpha value is -3.19. The Balaban J connectivity index is 1.85. The molecule has 0 unspecified atom stereocenters. The molecule has 0 saturated heterocycles. The Labute approximate surface area is 142 Å². The lowest BCUT2D eigenvalue weighted by atomic mass is 10.1. The fourth-order valence-electron chi connectivity index (χ4n) is 2.65. The minimum absolute atomic E-state index is 0.293. The highest BCUT2D eigenvalue weighted by Gasteiger charge is 2.16. The van der Waals surface area contributed by atoms with Crippen molar-refractivity contribution in [2.45, 2.75) is 12.6 Å². The molecule has 0 spiro atoms. The number of nitrogens with zero attached hydrogens (tertiary/aromatic N) is 1. The van der Waals surface area contributed by atoms with Crippen LogP contribution >= 0.6 is 0 Å². The zero-order valence-electron chi connectivity index (χ0n) is 13.3. The summed E-state index contributed by atoms with van der Waals surface area (Å²) in [5.41, 5.74) is -0.0290. The second-order valence-corrected chi connectivity index (χ2v) is 5.58. The van der Waals surface area contributed by atoms with Gasteiger partial charge in [0.25, 0.3) is 5.56 Å². The van der Waals surface area contributed by atoms with E-state index in [0.29, 0.717) is 10.9 Å². The van der Waals surface area contributed by atoms with Crippen LogP contribution in [0.3, 0.4) is 0 Å². The number of aromatic amines is 1. The van der Waals surface area contributed by atoms with Crippen molar-refractivity contribution in [1.29, 1.82) is 0 Å². The average molecular weight is 339 g/mol. The topological polar surface area (TPSA) is 104 Å². The molecular weight excluding hydrogens is 322 g/mol. The number of aliphatic hydroxyl groups is 1. The van der Waals surface area contributed by atoms with E-state index in [4.69, 9.17) is 0 Å². The van der Waals surface area contributed by atoms with E-state index < -0.39 is 29.7 Å². The normalized spacial score (nSPS) is 12.0. The van der Waals surface area contributed by atoms with Gasteiger partial charge >= 0.3 is 5.69 Å². The number of hydrogen-bond donors (Lipinski definition) is 3. The fourth-order valence-corrected chi connectivity index (χ4v) is 2.65. The van der Waals surface area contributed by atoms with Crippen molar-refractivity contribution in [3.05, 3.63) is 81.0 Å². The van der Waals surface area contributed by atoms with Crippen LogP contribution < -0.4 is 16.6 Å². The predicted molar refractivity (Wildman–Crippen MR) is 93.2 cm³/mol. The van der Waals surface area contributed by atoms with Crippen LogP contribution in [0.2, 0.25) is 0 Å². The molecule has 128 valence electrons. The molecule has 3 N–H and O–H groups in total. The third-order valence-electron chi connectivity index (χ3n) is 3.91. The first kappa shape index (κ1) is 16.7. The van der Waals surface area contributed by atoms with Gasteiger partial charge in [-0.3, -0.25) is 14.2 Å². The lowest BCUT2D eigenvalue weighted by molar-refractivity contribution is -0.122. The van der Waals surface area contributed by atoms with Crippen LogP contribution in [-0.4, -0.2) is 27.2 Å². The molecule has 1 atom stereocenters. The SMILES string of the molecule is O=C(Cn1c(=O)[nH]c2ccccc2c1=O)N[C@H](CO)c1ccccc1. The van der Waals surface area contributed by atoms with Crippen molar-refractivity contribution in [2.75, 3.05) is 6.61 Å². The lowest BCUT2D eigenvalue weighted by Crippen LogP contribution is -2.42. The Morgan fingerprint density at radius 2 is 1.76 bits per heavy atom. The largest absolute Gasteiger partial charge is 0.394 e. The summed E-state index contributed by atoms with van der Waals surface area (Å²) >= 11 is 0. The molecule has 1 amide bonds. The molecule has 1 heterocycles. The Bertz CT molecular complexity index is 1010. The third kappa shape index (κ3) is 3.51. The van der Waals surface area contributed by atoms with E-state index in [-0.39, 0.29) is 6.61 Å². The van der Waals surface area contributed by atoms with Crippen LogP contribution in [0.5, 0.6) is 0 Å². The molecule has 7 nitrogen and oxygen atoms in total. The Kier molecular flexibility index (Phi) is 4.76. The molecular formula is C18H17N3O4. The number of H-pyrrole nitrogens is 1. The van der Waals surface area contributed by atoms with Gasteiger partial charge in [-0.25, -0.2) is 4.79 Å². The number of fused-ring (bicyclic) bond motifs is 1. The van der Waals surface area contributed by atoms with Crippen molar-refractivity contribution >= 4 is 16.8 Å². The first-order chi connectivity index (χ1) is 12.1. The number of amides is 1. The summed E-state index contributed by atoms with van der Waals surface area (Å²) in [6.45, 7) is -0.721. The number of para-hydroxylation sites is 1. The number of benzene rings is 2. The molecule has 2 aromatic carbocycles. The molecule has 0 bridgehead atoms. The molecule has 0 saturated carbocycles. The number of rotatable bonds is 5. The maximum Gasteiger partial charge on any atom is 0.329 e. The van der Waals surface area contributed by atoms with Gasteiger partial charge in [0.05, 0.1) is 23.6 Å². The van der Waals surface area contributed by atoms with E-state index >= 15 is 0 Å². The van der Waals surface area contributed by atoms with Gasteiger partial charge in [-0.15, -0.1) is 0 Å². The zero-order chi connectivity index (χ0) is 17.8. The number of nitrogens with one attached hydrogen (secondary N) is 2. The van der Waals surface area contributed by atoms with Crippen LogP contribution in [0.1, 0.15) is 11.6 Å². The van der Waals surface area contributed by atoms with Crippen LogP contribution in [0.25, 0.3) is 10.9 Å². The fraction of sp³-hybridized carbons (Fsp3) is 0.167. The van der Waals surface area contributed by atoms with Gasteiger partial charge in [0.15, 0.2) is 0 Å². The van der Waals surface area contributed by atoms with E-state index in [2.05, 4.69) is 10.3 Å². The summed E-state index contributed by atoms with van der Waals surface area (Å²) in [6, 6.07) is 15.0. The van der Waals surface area contributed by atoms with Crippen LogP contribution in [0, 0.1) is 0 Å². The highest BCUT2D eigenvalue weighted by Crippen LogP contribution is 2.11. The quantitative estimate of drug-likeness (QED) is 0.631.